The van der Waals surface area contributed by atoms with Gasteiger partial charge in [0.1, 0.15) is 24.0 Å². The molecule has 2 N–H and O–H groups in total. The van der Waals surface area contributed by atoms with E-state index in [1.54, 1.807) is 25.3 Å². The molecule has 128 valence electrons. The van der Waals surface area contributed by atoms with E-state index in [2.05, 4.69) is 0 Å². The van der Waals surface area contributed by atoms with Gasteiger partial charge in [-0.1, -0.05) is 23.8 Å². The summed E-state index contributed by atoms with van der Waals surface area (Å²) in [5.41, 5.74) is 8.34. The molecule has 0 aliphatic heterocycles. The lowest BCUT2D eigenvalue weighted by Gasteiger charge is -2.13. The number of hydrogen-bond acceptors (Lipinski definition) is 4. The van der Waals surface area contributed by atoms with Crippen LogP contribution >= 0.6 is 23.8 Å². The fourth-order valence-corrected chi connectivity index (χ4v) is 2.48. The fraction of sp³-hybridized carbons (Fsp3) is 0.278. The molecule has 0 atom stereocenters. The molecule has 2 aromatic rings. The molecule has 24 heavy (non-hydrogen) atoms. The molecular weight excluding hydrogens is 346 g/mol. The first-order chi connectivity index (χ1) is 11.4. The van der Waals surface area contributed by atoms with E-state index in [9.17, 15) is 0 Å². The highest BCUT2D eigenvalue weighted by Gasteiger charge is 2.08. The molecule has 0 saturated heterocycles. The second-order valence-corrected chi connectivity index (χ2v) is 6.12. The van der Waals surface area contributed by atoms with E-state index in [0.717, 1.165) is 27.5 Å². The van der Waals surface area contributed by atoms with Crippen molar-refractivity contribution in [3.05, 3.63) is 52.0 Å². The molecule has 0 aliphatic rings. The van der Waals surface area contributed by atoms with Crippen molar-refractivity contribution < 1.29 is 14.2 Å². The van der Waals surface area contributed by atoms with Gasteiger partial charge in [-0.05, 0) is 55.3 Å². The third-order valence-electron chi connectivity index (χ3n) is 3.47. The van der Waals surface area contributed by atoms with E-state index in [4.69, 9.17) is 43.8 Å². The van der Waals surface area contributed by atoms with Crippen molar-refractivity contribution in [2.24, 2.45) is 5.73 Å². The van der Waals surface area contributed by atoms with Gasteiger partial charge in [0.05, 0.1) is 7.11 Å². The number of benzene rings is 2. The van der Waals surface area contributed by atoms with Crippen molar-refractivity contribution in [3.63, 3.8) is 0 Å². The van der Waals surface area contributed by atoms with Crippen LogP contribution in [0.25, 0.3) is 0 Å². The third kappa shape index (κ3) is 4.52. The molecular formula is C18H20ClNO3S. The molecule has 0 heterocycles. The van der Waals surface area contributed by atoms with E-state index in [1.165, 1.54) is 0 Å². The smallest absolute Gasteiger partial charge is 0.162 e. The monoisotopic (exact) mass is 365 g/mol. The molecule has 0 amide bonds. The quantitative estimate of drug-likeness (QED) is 0.592. The average Bonchev–Trinajstić information content (AvgIpc) is 2.56. The van der Waals surface area contributed by atoms with Crippen LogP contribution in [-0.2, 0) is 0 Å². The lowest BCUT2D eigenvalue weighted by Crippen LogP contribution is -2.12. The Labute approximate surface area is 152 Å². The van der Waals surface area contributed by atoms with E-state index in [-0.39, 0.29) is 0 Å². The van der Waals surface area contributed by atoms with Gasteiger partial charge in [0.25, 0.3) is 0 Å². The molecule has 0 bridgehead atoms. The molecule has 2 rings (SSSR count). The minimum Gasteiger partial charge on any atom is -0.493 e. The van der Waals surface area contributed by atoms with Crippen LogP contribution in [0.2, 0.25) is 5.02 Å². The van der Waals surface area contributed by atoms with Gasteiger partial charge >= 0.3 is 0 Å². The van der Waals surface area contributed by atoms with Crippen LogP contribution in [0.15, 0.2) is 30.3 Å². The highest BCUT2D eigenvalue weighted by atomic mass is 35.5. The van der Waals surface area contributed by atoms with Crippen LogP contribution in [0.1, 0.15) is 16.7 Å². The van der Waals surface area contributed by atoms with Gasteiger partial charge in [-0.15, -0.1) is 0 Å². The van der Waals surface area contributed by atoms with Gasteiger partial charge < -0.3 is 19.9 Å². The molecule has 4 nitrogen and oxygen atoms in total. The summed E-state index contributed by atoms with van der Waals surface area (Å²) in [6.45, 7) is 4.65. The summed E-state index contributed by atoms with van der Waals surface area (Å²) in [7, 11) is 1.58. The average molecular weight is 366 g/mol. The minimum absolute atomic E-state index is 0.311. The Balaban J connectivity index is 1.97. The largest absolute Gasteiger partial charge is 0.493 e. The third-order valence-corrected chi connectivity index (χ3v) is 4.30. The Morgan fingerprint density at radius 1 is 1.04 bits per heavy atom. The highest BCUT2D eigenvalue weighted by molar-refractivity contribution is 7.80. The number of nitrogens with two attached hydrogens (primary N) is 1. The molecule has 0 spiro atoms. The van der Waals surface area contributed by atoms with Gasteiger partial charge in [-0.3, -0.25) is 0 Å². The van der Waals surface area contributed by atoms with Crippen LogP contribution < -0.4 is 19.9 Å². The van der Waals surface area contributed by atoms with E-state index >= 15 is 0 Å². The summed E-state index contributed by atoms with van der Waals surface area (Å²) >= 11 is 11.1. The van der Waals surface area contributed by atoms with E-state index < -0.39 is 0 Å². The SMILES string of the molecule is COc1ccc(C(N)=S)cc1OCCOc1cc(C)c(Cl)c(C)c1. The van der Waals surface area contributed by atoms with Crippen LogP contribution in [-0.4, -0.2) is 25.3 Å². The van der Waals surface area contributed by atoms with Crippen molar-refractivity contribution in [1.82, 2.24) is 0 Å². The molecule has 0 aliphatic carbocycles. The zero-order valence-electron chi connectivity index (χ0n) is 13.9. The maximum absolute atomic E-state index is 6.15. The van der Waals surface area contributed by atoms with Gasteiger partial charge in [0.15, 0.2) is 11.5 Å². The normalized spacial score (nSPS) is 10.3. The van der Waals surface area contributed by atoms with Gasteiger partial charge in [0, 0.05) is 10.6 Å². The Morgan fingerprint density at radius 3 is 2.25 bits per heavy atom. The second-order valence-electron chi connectivity index (χ2n) is 5.30. The van der Waals surface area contributed by atoms with Crippen LogP contribution in [0.3, 0.4) is 0 Å². The molecule has 0 aromatic heterocycles. The first-order valence-electron chi connectivity index (χ1n) is 7.42. The van der Waals surface area contributed by atoms with Crippen LogP contribution in [0, 0.1) is 13.8 Å². The Kier molecular flexibility index (Phi) is 6.29. The summed E-state index contributed by atoms with van der Waals surface area (Å²) in [5, 5.41) is 0.762. The number of hydrogen-bond donors (Lipinski definition) is 1. The lowest BCUT2D eigenvalue weighted by atomic mass is 10.1. The predicted molar refractivity (Wildman–Crippen MR) is 101 cm³/mol. The number of halogens is 1. The fourth-order valence-electron chi connectivity index (χ4n) is 2.24. The topological polar surface area (TPSA) is 53.7 Å². The number of aryl methyl sites for hydroxylation is 2. The van der Waals surface area contributed by atoms with Crippen molar-refractivity contribution in [2.75, 3.05) is 20.3 Å². The van der Waals surface area contributed by atoms with Crippen molar-refractivity contribution >= 4 is 28.8 Å². The maximum atomic E-state index is 6.15. The summed E-state index contributed by atoms with van der Waals surface area (Å²) in [4.78, 5) is 0.311. The Hall–Kier alpha value is -1.98. The molecule has 6 heteroatoms. The van der Waals surface area contributed by atoms with Crippen LogP contribution in [0.4, 0.5) is 0 Å². The first kappa shape index (κ1) is 18.4. The van der Waals surface area contributed by atoms with Crippen molar-refractivity contribution in [1.29, 1.82) is 0 Å². The van der Waals surface area contributed by atoms with Crippen molar-refractivity contribution in [3.8, 4) is 17.2 Å². The summed E-state index contributed by atoms with van der Waals surface area (Å²) in [6.07, 6.45) is 0. The zero-order chi connectivity index (χ0) is 17.7. The molecule has 0 saturated carbocycles. The van der Waals surface area contributed by atoms with Gasteiger partial charge in [0.2, 0.25) is 0 Å². The molecule has 0 unspecified atom stereocenters. The van der Waals surface area contributed by atoms with Gasteiger partial charge in [-0.25, -0.2) is 0 Å². The summed E-state index contributed by atoms with van der Waals surface area (Å²) in [6, 6.07) is 9.14. The van der Waals surface area contributed by atoms with Crippen molar-refractivity contribution in [2.45, 2.75) is 13.8 Å². The number of ether oxygens (including phenoxy) is 3. The molecule has 0 fully saturated rings. The Bertz CT molecular complexity index is 726. The standard InChI is InChI=1S/C18H20ClNO3S/c1-11-8-14(9-12(2)17(11)19)22-6-7-23-16-10-13(18(20)24)4-5-15(16)21-3/h4-5,8-10H,6-7H2,1-3H3,(H2,20,24). The highest BCUT2D eigenvalue weighted by Crippen LogP contribution is 2.28. The lowest BCUT2D eigenvalue weighted by molar-refractivity contribution is 0.211. The number of thiocarbonyl (C=S) groups is 1. The zero-order valence-corrected chi connectivity index (χ0v) is 15.5. The minimum atomic E-state index is 0.311. The summed E-state index contributed by atoms with van der Waals surface area (Å²) < 4.78 is 16.7. The summed E-state index contributed by atoms with van der Waals surface area (Å²) in [5.74, 6) is 1.96. The number of methoxy groups -OCH3 is 1. The van der Waals surface area contributed by atoms with E-state index in [1.807, 2.05) is 26.0 Å². The predicted octanol–water partition coefficient (Wildman–Crippen LogP) is 4.06. The second kappa shape index (κ2) is 8.22. The molecule has 0 radical (unpaired) electrons. The van der Waals surface area contributed by atoms with Crippen LogP contribution in [0.5, 0.6) is 17.2 Å². The maximum Gasteiger partial charge on any atom is 0.162 e. The first-order valence-corrected chi connectivity index (χ1v) is 8.21. The Morgan fingerprint density at radius 2 is 1.67 bits per heavy atom. The van der Waals surface area contributed by atoms with E-state index in [0.29, 0.717) is 29.7 Å². The number of rotatable bonds is 7. The van der Waals surface area contributed by atoms with Gasteiger partial charge in [-0.2, -0.15) is 0 Å². The molecule has 2 aromatic carbocycles.